The highest BCUT2D eigenvalue weighted by Gasteiger charge is 2.31. The minimum absolute atomic E-state index is 0.0133. The van der Waals surface area contributed by atoms with Gasteiger partial charge in [0.1, 0.15) is 6.54 Å². The SMILES string of the molecule is C=C1c2ccccc2C(=O)N1CC(=O)NCc1ccccc1CN1CCCCC1. The first-order valence-corrected chi connectivity index (χ1v) is 10.3. The zero-order valence-corrected chi connectivity index (χ0v) is 16.7. The van der Waals surface area contributed by atoms with Gasteiger partial charge in [0.15, 0.2) is 0 Å². The van der Waals surface area contributed by atoms with Gasteiger partial charge in [0.2, 0.25) is 5.91 Å². The number of nitrogens with one attached hydrogen (secondary N) is 1. The summed E-state index contributed by atoms with van der Waals surface area (Å²) in [5.41, 5.74) is 4.38. The van der Waals surface area contributed by atoms with Gasteiger partial charge in [-0.25, -0.2) is 0 Å². The molecule has 2 aromatic carbocycles. The van der Waals surface area contributed by atoms with Crippen molar-refractivity contribution in [2.24, 2.45) is 0 Å². The molecule has 4 rings (SSSR count). The highest BCUT2D eigenvalue weighted by atomic mass is 16.2. The molecule has 2 heterocycles. The summed E-state index contributed by atoms with van der Waals surface area (Å²) in [5, 5.41) is 2.98. The van der Waals surface area contributed by atoms with Gasteiger partial charge >= 0.3 is 0 Å². The number of nitrogens with zero attached hydrogens (tertiary/aromatic N) is 2. The lowest BCUT2D eigenvalue weighted by atomic mass is 10.0. The first-order chi connectivity index (χ1) is 14.1. The highest BCUT2D eigenvalue weighted by Crippen LogP contribution is 2.30. The Balaban J connectivity index is 1.36. The first-order valence-electron chi connectivity index (χ1n) is 10.3. The largest absolute Gasteiger partial charge is 0.350 e. The molecular formula is C24H27N3O2. The van der Waals surface area contributed by atoms with E-state index in [-0.39, 0.29) is 18.4 Å². The Bertz CT molecular complexity index is 896. The molecule has 0 spiro atoms. The van der Waals surface area contributed by atoms with E-state index < -0.39 is 0 Å². The normalized spacial score (nSPS) is 16.8. The summed E-state index contributed by atoms with van der Waals surface area (Å²) in [6, 6.07) is 15.6. The van der Waals surface area contributed by atoms with Crippen LogP contribution >= 0.6 is 0 Å². The number of piperidine rings is 1. The van der Waals surface area contributed by atoms with Crippen molar-refractivity contribution >= 4 is 17.5 Å². The van der Waals surface area contributed by atoms with Gasteiger partial charge < -0.3 is 5.32 Å². The Kier molecular flexibility index (Phi) is 5.76. The molecule has 150 valence electrons. The van der Waals surface area contributed by atoms with E-state index in [1.807, 2.05) is 24.3 Å². The molecule has 0 saturated carbocycles. The van der Waals surface area contributed by atoms with Crippen LogP contribution in [0.15, 0.2) is 55.1 Å². The molecule has 2 aliphatic rings. The van der Waals surface area contributed by atoms with Crippen molar-refractivity contribution in [1.29, 1.82) is 0 Å². The van der Waals surface area contributed by atoms with Crippen LogP contribution in [0.3, 0.4) is 0 Å². The van der Waals surface area contributed by atoms with Crippen LogP contribution in [0.1, 0.15) is 46.3 Å². The standard InChI is InChI=1S/C24H27N3O2/c1-18-21-11-5-6-12-22(21)24(29)27(18)17-23(28)25-15-19-9-3-4-10-20(19)16-26-13-7-2-8-14-26/h3-6,9-12H,1-2,7-8,13-17H2,(H,25,28). The zero-order valence-electron chi connectivity index (χ0n) is 16.7. The van der Waals surface area contributed by atoms with Crippen molar-refractivity contribution in [3.63, 3.8) is 0 Å². The predicted molar refractivity (Wildman–Crippen MR) is 114 cm³/mol. The van der Waals surface area contributed by atoms with Crippen LogP contribution in [0, 0.1) is 0 Å². The van der Waals surface area contributed by atoms with Crippen molar-refractivity contribution in [2.75, 3.05) is 19.6 Å². The molecule has 0 radical (unpaired) electrons. The van der Waals surface area contributed by atoms with Gasteiger partial charge in [-0.1, -0.05) is 55.5 Å². The van der Waals surface area contributed by atoms with Crippen molar-refractivity contribution in [3.8, 4) is 0 Å². The van der Waals surface area contributed by atoms with Gasteiger partial charge in [-0.15, -0.1) is 0 Å². The number of hydrogen-bond donors (Lipinski definition) is 1. The lowest BCUT2D eigenvalue weighted by molar-refractivity contribution is -0.121. The van der Waals surface area contributed by atoms with Gasteiger partial charge in [-0.05, 0) is 43.1 Å². The summed E-state index contributed by atoms with van der Waals surface area (Å²) in [4.78, 5) is 29.1. The quantitative estimate of drug-likeness (QED) is 0.824. The lowest BCUT2D eigenvalue weighted by Crippen LogP contribution is -2.36. The average molecular weight is 389 g/mol. The topological polar surface area (TPSA) is 52.7 Å². The Hall–Kier alpha value is -2.92. The number of hydrogen-bond acceptors (Lipinski definition) is 3. The maximum absolute atomic E-state index is 12.6. The third-order valence-electron chi connectivity index (χ3n) is 5.78. The van der Waals surface area contributed by atoms with Crippen LogP contribution in [0.2, 0.25) is 0 Å². The van der Waals surface area contributed by atoms with E-state index in [9.17, 15) is 9.59 Å². The molecule has 5 nitrogen and oxygen atoms in total. The number of amides is 2. The molecule has 0 atom stereocenters. The molecule has 2 aromatic rings. The van der Waals surface area contributed by atoms with E-state index >= 15 is 0 Å². The second-order valence-corrected chi connectivity index (χ2v) is 7.77. The molecule has 29 heavy (non-hydrogen) atoms. The van der Waals surface area contributed by atoms with Gasteiger partial charge in [-0.2, -0.15) is 0 Å². The van der Waals surface area contributed by atoms with Gasteiger partial charge in [-0.3, -0.25) is 19.4 Å². The van der Waals surface area contributed by atoms with Crippen molar-refractivity contribution in [2.45, 2.75) is 32.4 Å². The second kappa shape index (κ2) is 8.62. The van der Waals surface area contributed by atoms with Crippen LogP contribution < -0.4 is 5.32 Å². The fraction of sp³-hybridized carbons (Fsp3) is 0.333. The van der Waals surface area contributed by atoms with Crippen molar-refractivity contribution in [1.82, 2.24) is 15.1 Å². The fourth-order valence-electron chi connectivity index (χ4n) is 4.14. The van der Waals surface area contributed by atoms with Crippen LogP contribution in [0.5, 0.6) is 0 Å². The van der Waals surface area contributed by atoms with Gasteiger partial charge in [0, 0.05) is 29.9 Å². The number of fused-ring (bicyclic) bond motifs is 1. The molecule has 0 bridgehead atoms. The molecule has 1 N–H and O–H groups in total. The smallest absolute Gasteiger partial charge is 0.259 e. The maximum atomic E-state index is 12.6. The van der Waals surface area contributed by atoms with E-state index in [4.69, 9.17) is 0 Å². The Morgan fingerprint density at radius 3 is 2.31 bits per heavy atom. The van der Waals surface area contributed by atoms with Gasteiger partial charge in [0.25, 0.3) is 5.91 Å². The molecule has 0 aromatic heterocycles. The van der Waals surface area contributed by atoms with E-state index in [1.165, 1.54) is 29.7 Å². The van der Waals surface area contributed by atoms with Crippen LogP contribution in [0.4, 0.5) is 0 Å². The summed E-state index contributed by atoms with van der Waals surface area (Å²) < 4.78 is 0. The maximum Gasteiger partial charge on any atom is 0.259 e. The minimum Gasteiger partial charge on any atom is -0.350 e. The van der Waals surface area contributed by atoms with E-state index in [1.54, 1.807) is 6.07 Å². The molecule has 0 aliphatic carbocycles. The second-order valence-electron chi connectivity index (χ2n) is 7.77. The predicted octanol–water partition coefficient (Wildman–Crippen LogP) is 3.42. The van der Waals surface area contributed by atoms with E-state index in [2.05, 4.69) is 35.0 Å². The number of rotatable bonds is 6. The molecule has 1 saturated heterocycles. The Morgan fingerprint density at radius 1 is 0.931 bits per heavy atom. The number of likely N-dealkylation sites (tertiary alicyclic amines) is 1. The fourth-order valence-corrected chi connectivity index (χ4v) is 4.14. The van der Waals surface area contributed by atoms with E-state index in [0.29, 0.717) is 17.8 Å². The summed E-state index contributed by atoms with van der Waals surface area (Å²) in [7, 11) is 0. The summed E-state index contributed by atoms with van der Waals surface area (Å²) in [6.07, 6.45) is 3.84. The molecule has 0 unspecified atom stereocenters. The summed E-state index contributed by atoms with van der Waals surface area (Å²) in [6.45, 7) is 7.64. The van der Waals surface area contributed by atoms with Crippen molar-refractivity contribution in [3.05, 3.63) is 77.4 Å². The zero-order chi connectivity index (χ0) is 20.2. The summed E-state index contributed by atoms with van der Waals surface area (Å²) in [5.74, 6) is -0.341. The highest BCUT2D eigenvalue weighted by molar-refractivity contribution is 6.10. The van der Waals surface area contributed by atoms with Crippen LogP contribution in [-0.4, -0.2) is 41.2 Å². The lowest BCUT2D eigenvalue weighted by Gasteiger charge is -2.27. The van der Waals surface area contributed by atoms with Crippen LogP contribution in [0.25, 0.3) is 5.70 Å². The molecule has 5 heteroatoms. The Morgan fingerprint density at radius 2 is 1.59 bits per heavy atom. The Labute approximate surface area is 172 Å². The third-order valence-corrected chi connectivity index (χ3v) is 5.78. The first kappa shape index (κ1) is 19.4. The molecule has 2 amide bonds. The van der Waals surface area contributed by atoms with Crippen LogP contribution in [-0.2, 0) is 17.9 Å². The average Bonchev–Trinajstić information content (AvgIpc) is 2.99. The van der Waals surface area contributed by atoms with Gasteiger partial charge in [0.05, 0.1) is 0 Å². The molecule has 1 fully saturated rings. The van der Waals surface area contributed by atoms with E-state index in [0.717, 1.165) is 30.8 Å². The number of benzene rings is 2. The number of carbonyl (C=O) groups is 2. The van der Waals surface area contributed by atoms with Crippen molar-refractivity contribution < 1.29 is 9.59 Å². The molecular weight excluding hydrogens is 362 g/mol. The monoisotopic (exact) mass is 389 g/mol. The minimum atomic E-state index is -0.180. The molecule has 2 aliphatic heterocycles. The number of carbonyl (C=O) groups excluding carboxylic acids is 2. The third kappa shape index (κ3) is 4.25. The summed E-state index contributed by atoms with van der Waals surface area (Å²) >= 11 is 0.